The second-order valence-corrected chi connectivity index (χ2v) is 2.62. The number of Topliss-reactive ketones (excluding diaryl/α,β-unsaturated/α-hetero) is 2. The molecule has 82 valence electrons. The quantitative estimate of drug-likeness (QED) is 0.282. The molecule has 0 aliphatic carbocycles. The smallest absolute Gasteiger partial charge is 0.232 e. The number of carbonyl (C=O) groups excluding carboxylic acids is 2. The van der Waals surface area contributed by atoms with Gasteiger partial charge in [-0.3, -0.25) is 9.59 Å². The summed E-state index contributed by atoms with van der Waals surface area (Å²) >= 11 is 0. The number of hydrogen-bond donors (Lipinski definition) is 5. The minimum Gasteiger partial charge on any atom is -0.394 e. The Kier molecular flexibility index (Phi) is 5.43. The predicted octanol–water partition coefficient (Wildman–Crippen LogP) is -3.81. The fourth-order valence-electron chi connectivity index (χ4n) is 0.667. The van der Waals surface area contributed by atoms with Gasteiger partial charge in [0.25, 0.3) is 0 Å². The van der Waals surface area contributed by atoms with E-state index < -0.39 is 43.1 Å². The molecule has 7 nitrogen and oxygen atoms in total. The Bertz CT molecular complexity index is 214. The van der Waals surface area contributed by atoms with Crippen LogP contribution in [0.1, 0.15) is 0 Å². The molecule has 0 rings (SSSR count). The van der Waals surface area contributed by atoms with Crippen molar-refractivity contribution in [2.24, 2.45) is 0 Å². The molecule has 0 aromatic heterocycles. The topological polar surface area (TPSA) is 135 Å². The zero-order valence-electron chi connectivity index (χ0n) is 7.20. The molecule has 0 heterocycles. The third kappa shape index (κ3) is 3.13. The van der Waals surface area contributed by atoms with E-state index in [1.54, 1.807) is 0 Å². The van der Waals surface area contributed by atoms with E-state index in [-0.39, 0.29) is 0 Å². The third-order valence-corrected chi connectivity index (χ3v) is 1.54. The van der Waals surface area contributed by atoms with E-state index in [9.17, 15) is 9.59 Å². The van der Waals surface area contributed by atoms with E-state index in [0.717, 1.165) is 0 Å². The van der Waals surface area contributed by atoms with Crippen molar-refractivity contribution in [1.29, 1.82) is 0 Å². The van der Waals surface area contributed by atoms with Crippen LogP contribution in [0.5, 0.6) is 0 Å². The molecule has 5 N–H and O–H groups in total. The SMILES string of the molecule is O=C(C(=O)[C@@H](O)C(O)CO)[C@H](O)CO. The van der Waals surface area contributed by atoms with Crippen LogP contribution >= 0.6 is 0 Å². The van der Waals surface area contributed by atoms with Crippen LogP contribution in [0.15, 0.2) is 0 Å². The van der Waals surface area contributed by atoms with Gasteiger partial charge in [0.2, 0.25) is 11.6 Å². The van der Waals surface area contributed by atoms with Gasteiger partial charge in [-0.25, -0.2) is 0 Å². The summed E-state index contributed by atoms with van der Waals surface area (Å²) in [5, 5.41) is 43.1. The van der Waals surface area contributed by atoms with Crippen molar-refractivity contribution in [2.45, 2.75) is 18.3 Å². The molecule has 1 unspecified atom stereocenters. The lowest BCUT2D eigenvalue weighted by Crippen LogP contribution is -2.44. The number of aliphatic hydroxyl groups is 5. The van der Waals surface area contributed by atoms with Gasteiger partial charge in [-0.2, -0.15) is 0 Å². The second kappa shape index (κ2) is 5.78. The highest BCUT2D eigenvalue weighted by atomic mass is 16.4. The average molecular weight is 208 g/mol. The molecule has 0 saturated heterocycles. The zero-order valence-corrected chi connectivity index (χ0v) is 7.20. The molecule has 0 aromatic rings. The monoisotopic (exact) mass is 208 g/mol. The Morgan fingerprint density at radius 3 is 1.79 bits per heavy atom. The van der Waals surface area contributed by atoms with Crippen molar-refractivity contribution < 1.29 is 35.1 Å². The van der Waals surface area contributed by atoms with Crippen molar-refractivity contribution in [1.82, 2.24) is 0 Å². The summed E-state index contributed by atoms with van der Waals surface area (Å²) in [6.07, 6.45) is -5.78. The zero-order chi connectivity index (χ0) is 11.3. The molecular weight excluding hydrogens is 196 g/mol. The molecule has 0 spiro atoms. The van der Waals surface area contributed by atoms with Gasteiger partial charge in [-0.15, -0.1) is 0 Å². The summed E-state index contributed by atoms with van der Waals surface area (Å²) in [6, 6.07) is 0. The van der Waals surface area contributed by atoms with Crippen molar-refractivity contribution >= 4 is 11.6 Å². The van der Waals surface area contributed by atoms with Crippen LogP contribution in [0.4, 0.5) is 0 Å². The molecule has 0 aromatic carbocycles. The normalized spacial score (nSPS) is 17.2. The van der Waals surface area contributed by atoms with Gasteiger partial charge in [0.15, 0.2) is 0 Å². The van der Waals surface area contributed by atoms with Gasteiger partial charge < -0.3 is 25.5 Å². The van der Waals surface area contributed by atoms with E-state index in [2.05, 4.69) is 0 Å². The van der Waals surface area contributed by atoms with Gasteiger partial charge in [0.1, 0.15) is 18.3 Å². The second-order valence-electron chi connectivity index (χ2n) is 2.62. The van der Waals surface area contributed by atoms with E-state index in [4.69, 9.17) is 25.5 Å². The van der Waals surface area contributed by atoms with Gasteiger partial charge in [-0.1, -0.05) is 0 Å². The molecule has 0 radical (unpaired) electrons. The highest BCUT2D eigenvalue weighted by Crippen LogP contribution is 1.98. The molecule has 0 aliphatic rings. The lowest BCUT2D eigenvalue weighted by molar-refractivity contribution is -0.151. The Hall–Kier alpha value is -0.860. The van der Waals surface area contributed by atoms with E-state index in [1.807, 2.05) is 0 Å². The maximum absolute atomic E-state index is 10.9. The Balaban J connectivity index is 4.39. The third-order valence-electron chi connectivity index (χ3n) is 1.54. The first-order valence-corrected chi connectivity index (χ1v) is 3.79. The summed E-state index contributed by atoms with van der Waals surface area (Å²) in [5.41, 5.74) is 0. The summed E-state index contributed by atoms with van der Waals surface area (Å²) in [6.45, 7) is -1.85. The number of hydrogen-bond acceptors (Lipinski definition) is 7. The summed E-state index contributed by atoms with van der Waals surface area (Å²) in [4.78, 5) is 21.7. The van der Waals surface area contributed by atoms with Crippen molar-refractivity contribution in [3.8, 4) is 0 Å². The summed E-state index contributed by atoms with van der Waals surface area (Å²) in [7, 11) is 0. The fraction of sp³-hybridized carbons (Fsp3) is 0.714. The lowest BCUT2D eigenvalue weighted by Gasteiger charge is -2.14. The molecule has 0 bridgehead atoms. The molecule has 7 heteroatoms. The van der Waals surface area contributed by atoms with Crippen molar-refractivity contribution in [3.05, 3.63) is 0 Å². The fourth-order valence-corrected chi connectivity index (χ4v) is 0.667. The van der Waals surface area contributed by atoms with Gasteiger partial charge in [0.05, 0.1) is 13.2 Å². The predicted molar refractivity (Wildman–Crippen MR) is 42.2 cm³/mol. The molecule has 3 atom stereocenters. The highest BCUT2D eigenvalue weighted by molar-refractivity contribution is 6.40. The minimum atomic E-state index is -2.09. The summed E-state index contributed by atoms with van der Waals surface area (Å²) in [5.74, 6) is -2.86. The van der Waals surface area contributed by atoms with Gasteiger partial charge in [0, 0.05) is 0 Å². The van der Waals surface area contributed by atoms with Crippen LogP contribution in [0.3, 0.4) is 0 Å². The standard InChI is InChI=1S/C7H12O7/c8-1-3(10)5(12)7(14)6(13)4(11)2-9/h3-5,8-12H,1-2H2/t3?,4-,5+/m1/s1. The molecule has 0 saturated carbocycles. The maximum atomic E-state index is 10.9. The number of rotatable bonds is 6. The van der Waals surface area contributed by atoms with Crippen LogP contribution in [0.2, 0.25) is 0 Å². The van der Waals surface area contributed by atoms with Gasteiger partial charge in [-0.05, 0) is 0 Å². The largest absolute Gasteiger partial charge is 0.394 e. The van der Waals surface area contributed by atoms with Crippen LogP contribution in [0, 0.1) is 0 Å². The van der Waals surface area contributed by atoms with Crippen molar-refractivity contribution in [2.75, 3.05) is 13.2 Å². The van der Waals surface area contributed by atoms with Crippen LogP contribution in [-0.4, -0.2) is 68.6 Å². The highest BCUT2D eigenvalue weighted by Gasteiger charge is 2.32. The molecule has 0 aliphatic heterocycles. The van der Waals surface area contributed by atoms with E-state index in [1.165, 1.54) is 0 Å². The van der Waals surface area contributed by atoms with Crippen LogP contribution in [0.25, 0.3) is 0 Å². The first kappa shape index (κ1) is 13.1. The average Bonchev–Trinajstić information content (AvgIpc) is 2.23. The Morgan fingerprint density at radius 1 is 0.929 bits per heavy atom. The minimum absolute atomic E-state index is 0.893. The van der Waals surface area contributed by atoms with E-state index >= 15 is 0 Å². The molecule has 0 fully saturated rings. The number of aliphatic hydroxyl groups excluding tert-OH is 5. The lowest BCUT2D eigenvalue weighted by atomic mass is 10.0. The van der Waals surface area contributed by atoms with E-state index in [0.29, 0.717) is 0 Å². The Morgan fingerprint density at radius 2 is 1.43 bits per heavy atom. The van der Waals surface area contributed by atoms with Crippen LogP contribution in [-0.2, 0) is 9.59 Å². The maximum Gasteiger partial charge on any atom is 0.232 e. The van der Waals surface area contributed by atoms with Crippen LogP contribution < -0.4 is 0 Å². The Labute approximate surface area is 79.2 Å². The molecular formula is C7H12O7. The first-order chi connectivity index (χ1) is 6.45. The molecule has 0 amide bonds. The summed E-state index contributed by atoms with van der Waals surface area (Å²) < 4.78 is 0. The number of ketones is 2. The van der Waals surface area contributed by atoms with Gasteiger partial charge >= 0.3 is 0 Å². The first-order valence-electron chi connectivity index (χ1n) is 3.79. The number of carbonyl (C=O) groups is 2. The van der Waals surface area contributed by atoms with Crippen molar-refractivity contribution in [3.63, 3.8) is 0 Å². The molecule has 14 heavy (non-hydrogen) atoms.